The highest BCUT2D eigenvalue weighted by molar-refractivity contribution is 7.10. The summed E-state index contributed by atoms with van der Waals surface area (Å²) < 4.78 is 0. The molecular formula is C18H27NOS. The predicted octanol–water partition coefficient (Wildman–Crippen LogP) is 3.88. The summed E-state index contributed by atoms with van der Waals surface area (Å²) in [6, 6.07) is 2.11. The van der Waals surface area contributed by atoms with E-state index >= 15 is 0 Å². The van der Waals surface area contributed by atoms with E-state index in [2.05, 4.69) is 35.1 Å². The molecular weight excluding hydrogens is 278 g/mol. The molecule has 2 heterocycles. The summed E-state index contributed by atoms with van der Waals surface area (Å²) in [4.78, 5) is 3.98. The van der Waals surface area contributed by atoms with Crippen LogP contribution in [-0.4, -0.2) is 29.7 Å². The van der Waals surface area contributed by atoms with Gasteiger partial charge in [0.15, 0.2) is 0 Å². The summed E-state index contributed by atoms with van der Waals surface area (Å²) in [5.74, 6) is 7.18. The molecule has 1 fully saturated rings. The van der Waals surface area contributed by atoms with E-state index in [9.17, 15) is 0 Å². The van der Waals surface area contributed by atoms with Crippen molar-refractivity contribution < 1.29 is 5.11 Å². The topological polar surface area (TPSA) is 23.5 Å². The van der Waals surface area contributed by atoms with Gasteiger partial charge in [-0.25, -0.2) is 0 Å². The van der Waals surface area contributed by atoms with Crippen LogP contribution in [0.1, 0.15) is 55.9 Å². The third-order valence-electron chi connectivity index (χ3n) is 4.21. The van der Waals surface area contributed by atoms with E-state index < -0.39 is 0 Å². The molecule has 1 atom stereocenters. The van der Waals surface area contributed by atoms with Gasteiger partial charge in [-0.1, -0.05) is 31.6 Å². The molecule has 0 aromatic carbocycles. The molecule has 2 nitrogen and oxygen atoms in total. The van der Waals surface area contributed by atoms with Gasteiger partial charge in [-0.3, -0.25) is 4.90 Å². The molecule has 0 saturated carbocycles. The van der Waals surface area contributed by atoms with Crippen LogP contribution in [0.5, 0.6) is 0 Å². The van der Waals surface area contributed by atoms with Gasteiger partial charge in [-0.15, -0.1) is 11.3 Å². The normalized spacial score (nSPS) is 19.8. The van der Waals surface area contributed by atoms with Crippen LogP contribution in [0.4, 0.5) is 0 Å². The van der Waals surface area contributed by atoms with Gasteiger partial charge in [0.1, 0.15) is 0 Å². The van der Waals surface area contributed by atoms with Crippen LogP contribution in [0.2, 0.25) is 0 Å². The van der Waals surface area contributed by atoms with E-state index in [1.165, 1.54) is 50.1 Å². The van der Waals surface area contributed by atoms with Crippen LogP contribution in [0, 0.1) is 17.8 Å². The summed E-state index contributed by atoms with van der Waals surface area (Å²) in [5.41, 5.74) is 1.16. The van der Waals surface area contributed by atoms with Gasteiger partial charge in [0.05, 0.1) is 6.61 Å². The number of thiophene rings is 1. The second kappa shape index (κ2) is 9.25. The van der Waals surface area contributed by atoms with Gasteiger partial charge in [0.25, 0.3) is 0 Å². The number of rotatable bonds is 5. The first-order valence-corrected chi connectivity index (χ1v) is 9.10. The molecule has 1 aliphatic heterocycles. The zero-order chi connectivity index (χ0) is 14.9. The highest BCUT2D eigenvalue weighted by Gasteiger charge is 2.17. The average molecular weight is 305 g/mol. The van der Waals surface area contributed by atoms with Crippen molar-refractivity contribution in [2.45, 2.75) is 52.0 Å². The maximum atomic E-state index is 8.82. The smallest absolute Gasteiger partial charge is 0.0540 e. The Kier molecular flexibility index (Phi) is 7.29. The minimum atomic E-state index is 0.150. The average Bonchev–Trinajstić information content (AvgIpc) is 2.79. The zero-order valence-electron chi connectivity index (χ0n) is 13.1. The second-order valence-corrected chi connectivity index (χ2v) is 6.90. The van der Waals surface area contributed by atoms with Gasteiger partial charge in [-0.05, 0) is 49.7 Å². The monoisotopic (exact) mass is 305 g/mol. The molecule has 0 aliphatic carbocycles. The van der Waals surface area contributed by atoms with Gasteiger partial charge in [-0.2, -0.15) is 0 Å². The van der Waals surface area contributed by atoms with Gasteiger partial charge < -0.3 is 5.11 Å². The van der Waals surface area contributed by atoms with Gasteiger partial charge >= 0.3 is 0 Å². The largest absolute Gasteiger partial charge is 0.395 e. The summed E-state index contributed by atoms with van der Waals surface area (Å²) >= 11 is 1.81. The third kappa shape index (κ3) is 5.47. The molecule has 0 bridgehead atoms. The quantitative estimate of drug-likeness (QED) is 0.834. The number of hydrogen-bond donors (Lipinski definition) is 1. The minimum Gasteiger partial charge on any atom is -0.395 e. The van der Waals surface area contributed by atoms with Crippen molar-refractivity contribution in [1.82, 2.24) is 4.90 Å². The van der Waals surface area contributed by atoms with Crippen LogP contribution in [0.3, 0.4) is 0 Å². The third-order valence-corrected chi connectivity index (χ3v) is 5.12. The number of likely N-dealkylation sites (tertiary alicyclic amines) is 1. The maximum Gasteiger partial charge on any atom is 0.0540 e. The van der Waals surface area contributed by atoms with Crippen LogP contribution in [-0.2, 0) is 6.54 Å². The lowest BCUT2D eigenvalue weighted by molar-refractivity contribution is 0.273. The van der Waals surface area contributed by atoms with E-state index in [1.54, 1.807) is 0 Å². The lowest BCUT2D eigenvalue weighted by Gasteiger charge is -2.19. The lowest BCUT2D eigenvalue weighted by Crippen LogP contribution is -2.24. The molecule has 2 rings (SSSR count). The first kappa shape index (κ1) is 16.5. The fraction of sp³-hybridized carbons (Fsp3) is 0.667. The van der Waals surface area contributed by atoms with E-state index in [0.717, 1.165) is 18.0 Å². The first-order valence-electron chi connectivity index (χ1n) is 8.22. The molecule has 1 N–H and O–H groups in total. The molecule has 1 aromatic rings. The molecule has 3 heteroatoms. The Morgan fingerprint density at radius 1 is 1.38 bits per heavy atom. The molecule has 21 heavy (non-hydrogen) atoms. The van der Waals surface area contributed by atoms with Crippen molar-refractivity contribution >= 4 is 11.3 Å². The summed E-state index contributed by atoms with van der Waals surface area (Å²) in [6.07, 6.45) is 7.37. The van der Waals surface area contributed by atoms with Gasteiger partial charge in [0, 0.05) is 23.4 Å². The zero-order valence-corrected chi connectivity index (χ0v) is 13.9. The van der Waals surface area contributed by atoms with Crippen molar-refractivity contribution in [1.29, 1.82) is 0 Å². The summed E-state index contributed by atoms with van der Waals surface area (Å²) in [5, 5.41) is 11.0. The standard InChI is InChI=1S/C18H27NOS/c1-2-6-16-7-5-11-19(12-9-16)15-18-17(10-14-21-18)8-3-4-13-20/h10,14,16,20H,2,4-7,9,11-13,15H2,1H3. The molecule has 0 radical (unpaired) electrons. The SMILES string of the molecule is CCCC1CCCN(Cc2sccc2C#CCCO)CC1. The Balaban J connectivity index is 1.90. The number of nitrogens with zero attached hydrogens (tertiary/aromatic N) is 1. The van der Waals surface area contributed by atoms with Crippen LogP contribution in [0.15, 0.2) is 11.4 Å². The van der Waals surface area contributed by atoms with E-state index in [-0.39, 0.29) is 6.61 Å². The number of aliphatic hydroxyl groups is 1. The second-order valence-electron chi connectivity index (χ2n) is 5.89. The Morgan fingerprint density at radius 2 is 2.29 bits per heavy atom. The van der Waals surface area contributed by atoms with Crippen molar-refractivity contribution in [3.8, 4) is 11.8 Å². The Bertz CT molecular complexity index is 471. The van der Waals surface area contributed by atoms with Crippen LogP contribution in [0.25, 0.3) is 0 Å². The van der Waals surface area contributed by atoms with Crippen molar-refractivity contribution in [3.05, 3.63) is 21.9 Å². The minimum absolute atomic E-state index is 0.150. The van der Waals surface area contributed by atoms with E-state index in [1.807, 2.05) is 11.3 Å². The number of aliphatic hydroxyl groups excluding tert-OH is 1. The molecule has 1 aliphatic rings. The van der Waals surface area contributed by atoms with Crippen molar-refractivity contribution in [2.75, 3.05) is 19.7 Å². The van der Waals surface area contributed by atoms with Crippen LogP contribution >= 0.6 is 11.3 Å². The fourth-order valence-electron chi connectivity index (χ4n) is 3.07. The lowest BCUT2D eigenvalue weighted by atomic mass is 9.96. The molecule has 1 unspecified atom stereocenters. The molecule has 1 aromatic heterocycles. The predicted molar refractivity (Wildman–Crippen MR) is 90.4 cm³/mol. The Labute approximate surface area is 133 Å². The van der Waals surface area contributed by atoms with Crippen molar-refractivity contribution in [2.24, 2.45) is 5.92 Å². The summed E-state index contributed by atoms with van der Waals surface area (Å²) in [7, 11) is 0. The maximum absolute atomic E-state index is 8.82. The first-order chi connectivity index (χ1) is 10.3. The highest BCUT2D eigenvalue weighted by atomic mass is 32.1. The van der Waals surface area contributed by atoms with Crippen LogP contribution < -0.4 is 0 Å². The molecule has 0 amide bonds. The van der Waals surface area contributed by atoms with Crippen molar-refractivity contribution in [3.63, 3.8) is 0 Å². The Morgan fingerprint density at radius 3 is 3.10 bits per heavy atom. The van der Waals surface area contributed by atoms with E-state index in [4.69, 9.17) is 5.11 Å². The summed E-state index contributed by atoms with van der Waals surface area (Å²) in [6.45, 7) is 5.94. The fourth-order valence-corrected chi connectivity index (χ4v) is 3.94. The molecule has 0 spiro atoms. The molecule has 1 saturated heterocycles. The molecule has 116 valence electrons. The Hall–Kier alpha value is -0.820. The van der Waals surface area contributed by atoms with E-state index in [0.29, 0.717) is 6.42 Å². The highest BCUT2D eigenvalue weighted by Crippen LogP contribution is 2.24. The van der Waals surface area contributed by atoms with Gasteiger partial charge in [0.2, 0.25) is 0 Å². The number of hydrogen-bond acceptors (Lipinski definition) is 3.